The molecule has 2 aromatic heterocycles. The van der Waals surface area contributed by atoms with Crippen LogP contribution < -0.4 is 10.1 Å². The summed E-state index contributed by atoms with van der Waals surface area (Å²) in [6.45, 7) is 8.75. The highest BCUT2D eigenvalue weighted by atomic mass is 16.5. The Labute approximate surface area is 188 Å². The van der Waals surface area contributed by atoms with Gasteiger partial charge in [0.25, 0.3) is 5.91 Å². The van der Waals surface area contributed by atoms with Crippen LogP contribution in [0.4, 0.5) is 5.82 Å². The van der Waals surface area contributed by atoms with Crippen LogP contribution in [0.3, 0.4) is 0 Å². The van der Waals surface area contributed by atoms with Gasteiger partial charge in [0.1, 0.15) is 11.6 Å². The third-order valence-corrected chi connectivity index (χ3v) is 5.38. The summed E-state index contributed by atoms with van der Waals surface area (Å²) in [5.74, 6) is 2.06. The summed E-state index contributed by atoms with van der Waals surface area (Å²) in [5, 5.41) is 6.95. The summed E-state index contributed by atoms with van der Waals surface area (Å²) in [5.41, 5.74) is 1.47. The fourth-order valence-corrected chi connectivity index (χ4v) is 3.92. The van der Waals surface area contributed by atoms with Crippen molar-refractivity contribution in [3.8, 4) is 17.1 Å². The van der Waals surface area contributed by atoms with E-state index in [0.717, 1.165) is 31.5 Å². The lowest BCUT2D eigenvalue weighted by Crippen LogP contribution is -2.32. The van der Waals surface area contributed by atoms with Gasteiger partial charge in [-0.1, -0.05) is 25.9 Å². The van der Waals surface area contributed by atoms with Crippen molar-refractivity contribution in [3.63, 3.8) is 0 Å². The number of carbonyl (C=O) groups is 1. The van der Waals surface area contributed by atoms with Crippen LogP contribution in [0.1, 0.15) is 55.9 Å². The SMILES string of the molecule is COc1ccc(C(=O)Nc2ccc(-c3noc(C4CCCN4CC(C)(C)C)n3)cn2)cc1. The summed E-state index contributed by atoms with van der Waals surface area (Å²) in [7, 11) is 1.59. The molecule has 0 radical (unpaired) electrons. The van der Waals surface area contributed by atoms with E-state index in [1.54, 1.807) is 43.6 Å². The fourth-order valence-electron chi connectivity index (χ4n) is 3.92. The number of likely N-dealkylation sites (tertiary alicyclic amines) is 1. The lowest BCUT2D eigenvalue weighted by atomic mass is 9.96. The molecular weight excluding hydrogens is 406 g/mol. The highest BCUT2D eigenvalue weighted by molar-refractivity contribution is 6.03. The van der Waals surface area contributed by atoms with Crippen molar-refractivity contribution in [2.24, 2.45) is 5.41 Å². The number of nitrogens with one attached hydrogen (secondary N) is 1. The van der Waals surface area contributed by atoms with E-state index in [1.807, 2.05) is 6.07 Å². The van der Waals surface area contributed by atoms with E-state index in [4.69, 9.17) is 9.26 Å². The number of carbonyl (C=O) groups excluding carboxylic acids is 1. The number of hydrogen-bond acceptors (Lipinski definition) is 7. The summed E-state index contributed by atoms with van der Waals surface area (Å²) >= 11 is 0. The number of amides is 1. The highest BCUT2D eigenvalue weighted by Gasteiger charge is 2.33. The molecule has 4 rings (SSSR count). The smallest absolute Gasteiger partial charge is 0.256 e. The molecule has 1 unspecified atom stereocenters. The fraction of sp³-hybridized carbons (Fsp3) is 0.417. The Morgan fingerprint density at radius 1 is 1.22 bits per heavy atom. The topological polar surface area (TPSA) is 93.4 Å². The molecule has 1 aliphatic rings. The van der Waals surface area contributed by atoms with Gasteiger partial charge in [0.2, 0.25) is 11.7 Å². The van der Waals surface area contributed by atoms with Crippen molar-refractivity contribution in [2.45, 2.75) is 39.7 Å². The van der Waals surface area contributed by atoms with Gasteiger partial charge in [0.05, 0.1) is 13.2 Å². The maximum absolute atomic E-state index is 12.4. The number of nitrogens with zero attached hydrogens (tertiary/aromatic N) is 4. The molecule has 0 bridgehead atoms. The monoisotopic (exact) mass is 435 g/mol. The summed E-state index contributed by atoms with van der Waals surface area (Å²) in [4.78, 5) is 23.8. The zero-order valence-electron chi connectivity index (χ0n) is 19.0. The van der Waals surface area contributed by atoms with Crippen LogP contribution in [0.25, 0.3) is 11.4 Å². The molecule has 1 amide bonds. The Balaban J connectivity index is 1.42. The predicted octanol–water partition coefficient (Wildman–Crippen LogP) is 4.58. The molecule has 1 aromatic carbocycles. The number of rotatable bonds is 6. The van der Waals surface area contributed by atoms with Gasteiger partial charge in [0, 0.05) is 23.9 Å². The van der Waals surface area contributed by atoms with Gasteiger partial charge >= 0.3 is 0 Å². The first-order valence-corrected chi connectivity index (χ1v) is 10.8. The third kappa shape index (κ3) is 5.13. The maximum atomic E-state index is 12.4. The van der Waals surface area contributed by atoms with Crippen molar-refractivity contribution >= 4 is 11.7 Å². The Morgan fingerprint density at radius 2 is 2.00 bits per heavy atom. The minimum atomic E-state index is -0.241. The van der Waals surface area contributed by atoms with E-state index in [0.29, 0.717) is 28.8 Å². The maximum Gasteiger partial charge on any atom is 0.256 e. The molecule has 1 fully saturated rings. The lowest BCUT2D eigenvalue weighted by molar-refractivity contribution is 0.102. The molecular formula is C24H29N5O3. The van der Waals surface area contributed by atoms with Gasteiger partial charge in [-0.25, -0.2) is 4.98 Å². The number of anilines is 1. The molecule has 0 aliphatic carbocycles. The van der Waals surface area contributed by atoms with Gasteiger partial charge in [0.15, 0.2) is 0 Å². The zero-order valence-corrected chi connectivity index (χ0v) is 19.0. The standard InChI is InChI=1S/C24H29N5O3/c1-24(2,3)15-29-13-5-6-19(29)23-27-21(28-32-23)17-9-12-20(25-14-17)26-22(30)16-7-10-18(31-4)11-8-16/h7-12,14,19H,5-6,13,15H2,1-4H3,(H,25,26,30). The summed E-state index contributed by atoms with van der Waals surface area (Å²) in [6.07, 6.45) is 3.79. The molecule has 168 valence electrons. The minimum Gasteiger partial charge on any atom is -0.497 e. The van der Waals surface area contributed by atoms with E-state index >= 15 is 0 Å². The van der Waals surface area contributed by atoms with E-state index in [9.17, 15) is 4.79 Å². The van der Waals surface area contributed by atoms with Gasteiger partial charge in [-0.2, -0.15) is 4.98 Å². The average Bonchev–Trinajstić information content (AvgIpc) is 3.42. The molecule has 32 heavy (non-hydrogen) atoms. The highest BCUT2D eigenvalue weighted by Crippen LogP contribution is 2.34. The second kappa shape index (κ2) is 9.08. The van der Waals surface area contributed by atoms with E-state index in [2.05, 4.69) is 46.1 Å². The molecule has 1 N–H and O–H groups in total. The first-order valence-electron chi connectivity index (χ1n) is 10.8. The third-order valence-electron chi connectivity index (χ3n) is 5.38. The van der Waals surface area contributed by atoms with Crippen LogP contribution in [-0.4, -0.2) is 46.1 Å². The van der Waals surface area contributed by atoms with Crippen molar-refractivity contribution < 1.29 is 14.1 Å². The van der Waals surface area contributed by atoms with Crippen LogP contribution in [0, 0.1) is 5.41 Å². The second-order valence-electron chi connectivity index (χ2n) is 9.26. The Morgan fingerprint density at radius 3 is 2.66 bits per heavy atom. The molecule has 1 atom stereocenters. The Bertz CT molecular complexity index is 1050. The van der Waals surface area contributed by atoms with Crippen molar-refractivity contribution in [2.75, 3.05) is 25.5 Å². The second-order valence-corrected chi connectivity index (χ2v) is 9.26. The van der Waals surface area contributed by atoms with E-state index < -0.39 is 0 Å². The van der Waals surface area contributed by atoms with Crippen LogP contribution in [0.2, 0.25) is 0 Å². The number of ether oxygens (including phenoxy) is 1. The Kier molecular flexibility index (Phi) is 6.23. The molecule has 3 aromatic rings. The molecule has 0 saturated carbocycles. The molecule has 8 nitrogen and oxygen atoms in total. The number of methoxy groups -OCH3 is 1. The normalized spacial score (nSPS) is 16.8. The number of pyridine rings is 1. The minimum absolute atomic E-state index is 0.159. The van der Waals surface area contributed by atoms with Crippen molar-refractivity contribution in [1.82, 2.24) is 20.0 Å². The zero-order chi connectivity index (χ0) is 22.7. The summed E-state index contributed by atoms with van der Waals surface area (Å²) < 4.78 is 10.7. The van der Waals surface area contributed by atoms with Crippen molar-refractivity contribution in [3.05, 3.63) is 54.0 Å². The molecule has 3 heterocycles. The van der Waals surface area contributed by atoms with Crippen LogP contribution in [0.15, 0.2) is 47.1 Å². The summed E-state index contributed by atoms with van der Waals surface area (Å²) in [6, 6.07) is 10.6. The lowest BCUT2D eigenvalue weighted by Gasteiger charge is -2.29. The number of aromatic nitrogens is 3. The quantitative estimate of drug-likeness (QED) is 0.606. The molecule has 1 aliphatic heterocycles. The predicted molar refractivity (Wildman–Crippen MR) is 121 cm³/mol. The molecule has 0 spiro atoms. The van der Waals surface area contributed by atoms with Gasteiger partial charge in [-0.05, 0) is 61.2 Å². The largest absolute Gasteiger partial charge is 0.497 e. The van der Waals surface area contributed by atoms with Gasteiger partial charge < -0.3 is 14.6 Å². The van der Waals surface area contributed by atoms with Gasteiger partial charge in [-0.3, -0.25) is 9.69 Å². The van der Waals surface area contributed by atoms with Crippen LogP contribution in [0.5, 0.6) is 5.75 Å². The van der Waals surface area contributed by atoms with Crippen molar-refractivity contribution in [1.29, 1.82) is 0 Å². The first kappa shape index (κ1) is 22.0. The Hall–Kier alpha value is -3.26. The molecule has 1 saturated heterocycles. The first-order chi connectivity index (χ1) is 15.3. The van der Waals surface area contributed by atoms with Gasteiger partial charge in [-0.15, -0.1) is 0 Å². The average molecular weight is 436 g/mol. The van der Waals surface area contributed by atoms with E-state index in [1.165, 1.54) is 0 Å². The van der Waals surface area contributed by atoms with Crippen LogP contribution in [-0.2, 0) is 0 Å². The van der Waals surface area contributed by atoms with Crippen LogP contribution >= 0.6 is 0 Å². The number of hydrogen-bond donors (Lipinski definition) is 1. The van der Waals surface area contributed by atoms with E-state index in [-0.39, 0.29) is 17.4 Å². The molecule has 8 heteroatoms. The number of benzene rings is 1.